The van der Waals surface area contributed by atoms with E-state index in [4.69, 9.17) is 27.9 Å². The molecule has 142 valence electrons. The van der Waals surface area contributed by atoms with E-state index in [0.29, 0.717) is 28.9 Å². The summed E-state index contributed by atoms with van der Waals surface area (Å²) in [7, 11) is 0. The summed E-state index contributed by atoms with van der Waals surface area (Å²) in [6.07, 6.45) is 1.07. The lowest BCUT2D eigenvalue weighted by Gasteiger charge is -2.33. The van der Waals surface area contributed by atoms with Crippen LogP contribution in [0.2, 0.25) is 10.0 Å². The summed E-state index contributed by atoms with van der Waals surface area (Å²) in [5.41, 5.74) is 2.42. The van der Waals surface area contributed by atoms with Crippen molar-refractivity contribution in [2.24, 2.45) is 5.41 Å². The van der Waals surface area contributed by atoms with E-state index >= 15 is 0 Å². The maximum absolute atomic E-state index is 6.42. The summed E-state index contributed by atoms with van der Waals surface area (Å²) in [5.74, 6) is 0.537. The Hall–Kier alpha value is -1.22. The first-order chi connectivity index (χ1) is 12.1. The predicted octanol–water partition coefficient (Wildman–Crippen LogP) is 6.88. The number of benzene rings is 2. The van der Waals surface area contributed by atoms with Crippen molar-refractivity contribution in [3.05, 3.63) is 63.6 Å². The summed E-state index contributed by atoms with van der Waals surface area (Å²) >= 11 is 12.8. The number of rotatable bonds is 7. The number of halogens is 2. The van der Waals surface area contributed by atoms with Gasteiger partial charge in [-0.25, -0.2) is 0 Å². The standard InChI is InChI=1S/C22H29Cl2NO/c1-21(2,3)15-22(4,5)25-13-17-11-18(23)20(19(24)12-17)26-14-16-9-7-6-8-10-16/h6-12,25H,13-15H2,1-5H3. The van der Waals surface area contributed by atoms with Gasteiger partial charge in [-0.15, -0.1) is 0 Å². The third kappa shape index (κ3) is 6.83. The average Bonchev–Trinajstić information content (AvgIpc) is 2.51. The fourth-order valence-corrected chi connectivity index (χ4v) is 3.95. The monoisotopic (exact) mass is 393 g/mol. The summed E-state index contributed by atoms with van der Waals surface area (Å²) in [5, 5.41) is 4.69. The van der Waals surface area contributed by atoms with E-state index < -0.39 is 0 Å². The van der Waals surface area contributed by atoms with Crippen LogP contribution >= 0.6 is 23.2 Å². The zero-order valence-electron chi connectivity index (χ0n) is 16.3. The zero-order valence-corrected chi connectivity index (χ0v) is 17.8. The molecule has 0 aliphatic carbocycles. The molecule has 1 N–H and O–H groups in total. The van der Waals surface area contributed by atoms with Crippen molar-refractivity contribution in [1.29, 1.82) is 0 Å². The van der Waals surface area contributed by atoms with Crippen LogP contribution in [0.4, 0.5) is 0 Å². The number of nitrogens with one attached hydrogen (secondary N) is 1. The second-order valence-electron chi connectivity index (χ2n) is 8.64. The Balaban J connectivity index is 2.02. The molecule has 0 aliphatic heterocycles. The van der Waals surface area contributed by atoms with Gasteiger partial charge in [0.1, 0.15) is 6.61 Å². The second-order valence-corrected chi connectivity index (χ2v) is 9.45. The highest BCUT2D eigenvalue weighted by molar-refractivity contribution is 6.37. The summed E-state index contributed by atoms with van der Waals surface area (Å²) in [4.78, 5) is 0. The first kappa shape index (κ1) is 21.1. The molecule has 4 heteroatoms. The maximum atomic E-state index is 6.42. The van der Waals surface area contributed by atoms with Crippen molar-refractivity contribution in [1.82, 2.24) is 5.32 Å². The van der Waals surface area contributed by atoms with Crippen LogP contribution in [-0.2, 0) is 13.2 Å². The lowest BCUT2D eigenvalue weighted by Crippen LogP contribution is -2.41. The van der Waals surface area contributed by atoms with Gasteiger partial charge < -0.3 is 10.1 Å². The van der Waals surface area contributed by atoms with Crippen LogP contribution in [0.3, 0.4) is 0 Å². The van der Waals surface area contributed by atoms with Crippen molar-refractivity contribution in [2.45, 2.75) is 59.7 Å². The van der Waals surface area contributed by atoms with Crippen molar-refractivity contribution in [3.8, 4) is 5.75 Å². The topological polar surface area (TPSA) is 21.3 Å². The molecule has 0 heterocycles. The first-order valence-electron chi connectivity index (χ1n) is 8.95. The van der Waals surface area contributed by atoms with Crippen molar-refractivity contribution in [2.75, 3.05) is 0 Å². The van der Waals surface area contributed by atoms with Gasteiger partial charge in [0.15, 0.2) is 5.75 Å². The Labute approximate surface area is 167 Å². The molecular formula is C22H29Cl2NO. The molecule has 0 fully saturated rings. The molecule has 0 unspecified atom stereocenters. The molecule has 2 aromatic rings. The van der Waals surface area contributed by atoms with Crippen LogP contribution in [-0.4, -0.2) is 5.54 Å². The zero-order chi connectivity index (χ0) is 19.4. The minimum atomic E-state index is 0.0275. The van der Waals surface area contributed by atoms with Crippen LogP contribution in [0.15, 0.2) is 42.5 Å². The molecule has 0 saturated heterocycles. The molecule has 0 bridgehead atoms. The van der Waals surface area contributed by atoms with Gasteiger partial charge in [0.25, 0.3) is 0 Å². The van der Waals surface area contributed by atoms with E-state index in [0.717, 1.165) is 17.5 Å². The quantitative estimate of drug-likeness (QED) is 0.553. The Morgan fingerprint density at radius 3 is 2.00 bits per heavy atom. The fraction of sp³-hybridized carbons (Fsp3) is 0.455. The molecule has 2 aromatic carbocycles. The number of hydrogen-bond acceptors (Lipinski definition) is 2. The van der Waals surface area contributed by atoms with Crippen LogP contribution in [0.5, 0.6) is 5.75 Å². The Morgan fingerprint density at radius 1 is 0.885 bits per heavy atom. The van der Waals surface area contributed by atoms with Gasteiger partial charge in [-0.05, 0) is 48.9 Å². The highest BCUT2D eigenvalue weighted by atomic mass is 35.5. The van der Waals surface area contributed by atoms with Crippen LogP contribution in [0.1, 0.15) is 52.2 Å². The van der Waals surface area contributed by atoms with Crippen molar-refractivity contribution >= 4 is 23.2 Å². The van der Waals surface area contributed by atoms with Gasteiger partial charge in [-0.2, -0.15) is 0 Å². The molecule has 2 rings (SSSR count). The summed E-state index contributed by atoms with van der Waals surface area (Å²) in [6, 6.07) is 13.8. The minimum absolute atomic E-state index is 0.0275. The van der Waals surface area contributed by atoms with Crippen molar-refractivity contribution in [3.63, 3.8) is 0 Å². The molecule has 0 spiro atoms. The van der Waals surface area contributed by atoms with E-state index in [-0.39, 0.29) is 11.0 Å². The smallest absolute Gasteiger partial charge is 0.156 e. The third-order valence-electron chi connectivity index (χ3n) is 4.03. The van der Waals surface area contributed by atoms with E-state index in [2.05, 4.69) is 39.9 Å². The van der Waals surface area contributed by atoms with Gasteiger partial charge >= 0.3 is 0 Å². The molecule has 0 atom stereocenters. The molecule has 0 saturated carbocycles. The van der Waals surface area contributed by atoms with Gasteiger partial charge in [0.05, 0.1) is 10.0 Å². The van der Waals surface area contributed by atoms with E-state index in [9.17, 15) is 0 Å². The largest absolute Gasteiger partial charge is 0.486 e. The number of hydrogen-bond donors (Lipinski definition) is 1. The highest BCUT2D eigenvalue weighted by Crippen LogP contribution is 2.35. The molecule has 0 amide bonds. The van der Waals surface area contributed by atoms with Crippen molar-refractivity contribution < 1.29 is 4.74 Å². The van der Waals surface area contributed by atoms with Crippen LogP contribution < -0.4 is 10.1 Å². The van der Waals surface area contributed by atoms with Crippen LogP contribution in [0.25, 0.3) is 0 Å². The third-order valence-corrected chi connectivity index (χ3v) is 4.59. The SMILES string of the molecule is CC(C)(C)CC(C)(C)NCc1cc(Cl)c(OCc2ccccc2)c(Cl)c1. The Morgan fingerprint density at radius 2 is 1.46 bits per heavy atom. The highest BCUT2D eigenvalue weighted by Gasteiger charge is 2.25. The number of ether oxygens (including phenoxy) is 1. The maximum Gasteiger partial charge on any atom is 0.156 e. The molecule has 0 radical (unpaired) electrons. The molecular weight excluding hydrogens is 365 g/mol. The van der Waals surface area contributed by atoms with Gasteiger partial charge in [-0.3, -0.25) is 0 Å². The van der Waals surface area contributed by atoms with Gasteiger partial charge in [0, 0.05) is 12.1 Å². The first-order valence-corrected chi connectivity index (χ1v) is 9.71. The van der Waals surface area contributed by atoms with E-state index in [1.54, 1.807) is 0 Å². The molecule has 0 aliphatic rings. The van der Waals surface area contributed by atoms with Gasteiger partial charge in [-0.1, -0.05) is 74.3 Å². The van der Waals surface area contributed by atoms with Gasteiger partial charge in [0.2, 0.25) is 0 Å². The van der Waals surface area contributed by atoms with E-state index in [1.165, 1.54) is 0 Å². The summed E-state index contributed by atoms with van der Waals surface area (Å²) in [6.45, 7) is 12.4. The lowest BCUT2D eigenvalue weighted by atomic mass is 9.82. The normalized spacial score (nSPS) is 12.3. The predicted molar refractivity (Wildman–Crippen MR) is 112 cm³/mol. The Kier molecular flexibility index (Phi) is 7.01. The minimum Gasteiger partial charge on any atom is -0.486 e. The Bertz CT molecular complexity index is 698. The van der Waals surface area contributed by atoms with E-state index in [1.807, 2.05) is 42.5 Å². The molecule has 0 aromatic heterocycles. The summed E-state index contributed by atoms with van der Waals surface area (Å²) < 4.78 is 5.84. The average molecular weight is 394 g/mol. The molecule has 26 heavy (non-hydrogen) atoms. The van der Waals surface area contributed by atoms with Crippen LogP contribution in [0, 0.1) is 5.41 Å². The molecule has 2 nitrogen and oxygen atoms in total. The fourth-order valence-electron chi connectivity index (χ4n) is 3.31. The second kappa shape index (κ2) is 8.65. The lowest BCUT2D eigenvalue weighted by molar-refractivity contribution is 0.240.